The second kappa shape index (κ2) is 7.76. The Labute approximate surface area is 163 Å². The molecule has 0 saturated carbocycles. The molecular weight excluding hydrogens is 387 g/mol. The third-order valence-electron chi connectivity index (χ3n) is 4.70. The summed E-state index contributed by atoms with van der Waals surface area (Å²) < 4.78 is 50.5. The molecule has 1 atom stereocenters. The van der Waals surface area contributed by atoms with Crippen LogP contribution in [0, 0.1) is 5.82 Å². The van der Waals surface area contributed by atoms with Crippen molar-refractivity contribution in [1.29, 1.82) is 0 Å². The van der Waals surface area contributed by atoms with Crippen molar-refractivity contribution < 1.29 is 27.1 Å². The molecule has 1 aliphatic rings. The van der Waals surface area contributed by atoms with E-state index in [0.29, 0.717) is 17.2 Å². The van der Waals surface area contributed by atoms with Crippen LogP contribution < -0.4 is 14.4 Å². The molecule has 0 aromatic heterocycles. The average molecular weight is 408 g/mol. The highest BCUT2D eigenvalue weighted by Crippen LogP contribution is 2.33. The number of amides is 1. The van der Waals surface area contributed by atoms with Crippen molar-refractivity contribution in [2.45, 2.75) is 17.9 Å². The van der Waals surface area contributed by atoms with Crippen molar-refractivity contribution >= 4 is 21.6 Å². The Balaban J connectivity index is 1.87. The minimum atomic E-state index is -3.92. The summed E-state index contributed by atoms with van der Waals surface area (Å²) >= 11 is 0. The Kier molecular flexibility index (Phi) is 5.57. The Hall–Kier alpha value is -2.65. The monoisotopic (exact) mass is 408 g/mol. The third-order valence-corrected chi connectivity index (χ3v) is 6.68. The minimum Gasteiger partial charge on any atom is -0.493 e. The summed E-state index contributed by atoms with van der Waals surface area (Å²) in [6.07, 6.45) is 0. The molecule has 0 spiro atoms. The Morgan fingerprint density at radius 2 is 1.64 bits per heavy atom. The lowest BCUT2D eigenvalue weighted by Crippen LogP contribution is -2.57. The van der Waals surface area contributed by atoms with E-state index in [0.717, 1.165) is 16.4 Å². The Morgan fingerprint density at radius 1 is 1.00 bits per heavy atom. The zero-order valence-electron chi connectivity index (χ0n) is 15.8. The smallest absolute Gasteiger partial charge is 0.245 e. The molecule has 1 amide bonds. The summed E-state index contributed by atoms with van der Waals surface area (Å²) in [5.41, 5.74) is 0.591. The van der Waals surface area contributed by atoms with Gasteiger partial charge in [-0.05, 0) is 43.3 Å². The number of hydrogen-bond donors (Lipinski definition) is 0. The van der Waals surface area contributed by atoms with Crippen LogP contribution in [0.1, 0.15) is 6.92 Å². The van der Waals surface area contributed by atoms with Crippen molar-refractivity contribution in [1.82, 2.24) is 4.31 Å². The number of carbonyl (C=O) groups is 1. The first-order valence-corrected chi connectivity index (χ1v) is 10.0. The number of ether oxygens (including phenoxy) is 2. The average Bonchev–Trinajstić information content (AvgIpc) is 2.69. The molecular formula is C19H21FN2O5S. The van der Waals surface area contributed by atoms with Crippen LogP contribution in [0.25, 0.3) is 0 Å². The van der Waals surface area contributed by atoms with Gasteiger partial charge < -0.3 is 14.4 Å². The van der Waals surface area contributed by atoms with E-state index < -0.39 is 21.9 Å². The lowest BCUT2D eigenvalue weighted by atomic mass is 10.1. The largest absolute Gasteiger partial charge is 0.493 e. The predicted molar refractivity (Wildman–Crippen MR) is 102 cm³/mol. The molecule has 2 aromatic rings. The van der Waals surface area contributed by atoms with Crippen LogP contribution >= 0.6 is 0 Å². The zero-order valence-corrected chi connectivity index (χ0v) is 16.6. The van der Waals surface area contributed by atoms with Gasteiger partial charge >= 0.3 is 0 Å². The van der Waals surface area contributed by atoms with Gasteiger partial charge in [0.25, 0.3) is 0 Å². The molecule has 28 heavy (non-hydrogen) atoms. The van der Waals surface area contributed by atoms with E-state index in [1.54, 1.807) is 18.2 Å². The maximum absolute atomic E-state index is 13.1. The van der Waals surface area contributed by atoms with Gasteiger partial charge in [-0.2, -0.15) is 4.31 Å². The molecule has 1 fully saturated rings. The van der Waals surface area contributed by atoms with E-state index in [1.807, 2.05) is 0 Å². The van der Waals surface area contributed by atoms with Crippen LogP contribution in [-0.2, 0) is 14.8 Å². The zero-order chi connectivity index (χ0) is 20.5. The number of anilines is 1. The fourth-order valence-corrected chi connectivity index (χ4v) is 4.75. The number of hydrogen-bond acceptors (Lipinski definition) is 5. The summed E-state index contributed by atoms with van der Waals surface area (Å²) in [6, 6.07) is 8.73. The minimum absolute atomic E-state index is 0.0480. The quantitative estimate of drug-likeness (QED) is 0.759. The van der Waals surface area contributed by atoms with E-state index in [-0.39, 0.29) is 23.9 Å². The van der Waals surface area contributed by atoms with Crippen molar-refractivity contribution in [3.63, 3.8) is 0 Å². The molecule has 0 bridgehead atoms. The Bertz CT molecular complexity index is 978. The highest BCUT2D eigenvalue weighted by atomic mass is 32.2. The van der Waals surface area contributed by atoms with Crippen LogP contribution in [0.15, 0.2) is 47.4 Å². The van der Waals surface area contributed by atoms with Crippen molar-refractivity contribution in [3.8, 4) is 11.5 Å². The number of nitrogens with zero attached hydrogens (tertiary/aromatic N) is 2. The fraction of sp³-hybridized carbons (Fsp3) is 0.316. The van der Waals surface area contributed by atoms with Crippen LogP contribution in [0.4, 0.5) is 10.1 Å². The third kappa shape index (κ3) is 3.55. The second-order valence-corrected chi connectivity index (χ2v) is 8.17. The SMILES string of the molecule is COc1ccc(N2CCN(S(=O)(=O)c3ccc(F)cc3)[C@@H](C)C2=O)cc1OC. The number of rotatable bonds is 5. The molecule has 0 unspecified atom stereocenters. The lowest BCUT2D eigenvalue weighted by molar-refractivity contribution is -0.123. The summed E-state index contributed by atoms with van der Waals surface area (Å²) in [7, 11) is -0.899. The van der Waals surface area contributed by atoms with E-state index in [9.17, 15) is 17.6 Å². The van der Waals surface area contributed by atoms with Gasteiger partial charge in [-0.25, -0.2) is 12.8 Å². The molecule has 0 radical (unpaired) electrons. The van der Waals surface area contributed by atoms with Crippen molar-refractivity contribution in [2.75, 3.05) is 32.2 Å². The number of methoxy groups -OCH3 is 2. The second-order valence-electron chi connectivity index (χ2n) is 6.27. The standard InChI is InChI=1S/C19H21FN2O5S/c1-13-19(23)21(15-6-9-17(26-2)18(12-15)27-3)10-11-22(13)28(24,25)16-7-4-14(20)5-8-16/h4-9,12-13H,10-11H2,1-3H3/t13-/m0/s1. The molecule has 3 rings (SSSR count). The van der Waals surface area contributed by atoms with E-state index in [1.165, 1.54) is 38.2 Å². The highest BCUT2D eigenvalue weighted by Gasteiger charge is 2.39. The fourth-order valence-electron chi connectivity index (χ4n) is 3.17. The van der Waals surface area contributed by atoms with Crippen molar-refractivity contribution in [2.24, 2.45) is 0 Å². The molecule has 150 valence electrons. The van der Waals surface area contributed by atoms with Crippen LogP contribution in [0.2, 0.25) is 0 Å². The van der Waals surface area contributed by atoms with E-state index >= 15 is 0 Å². The van der Waals surface area contributed by atoms with Crippen molar-refractivity contribution in [3.05, 3.63) is 48.3 Å². The van der Waals surface area contributed by atoms with Crippen LogP contribution in [0.5, 0.6) is 11.5 Å². The van der Waals surface area contributed by atoms with Gasteiger partial charge in [-0.1, -0.05) is 0 Å². The molecule has 9 heteroatoms. The van der Waals surface area contributed by atoms with Gasteiger partial charge in [-0.3, -0.25) is 4.79 Å². The predicted octanol–water partition coefficient (Wildman–Crippen LogP) is 2.27. The van der Waals surface area contributed by atoms with E-state index in [4.69, 9.17) is 9.47 Å². The van der Waals surface area contributed by atoms with Crippen LogP contribution in [0.3, 0.4) is 0 Å². The molecule has 7 nitrogen and oxygen atoms in total. The highest BCUT2D eigenvalue weighted by molar-refractivity contribution is 7.89. The molecule has 1 heterocycles. The molecule has 2 aromatic carbocycles. The topological polar surface area (TPSA) is 76.2 Å². The van der Waals surface area contributed by atoms with Gasteiger partial charge in [0, 0.05) is 24.8 Å². The molecule has 0 aliphatic carbocycles. The number of halogens is 1. The van der Waals surface area contributed by atoms with Gasteiger partial charge in [0.05, 0.1) is 19.1 Å². The number of carbonyl (C=O) groups excluding carboxylic acids is 1. The molecule has 1 aliphatic heterocycles. The first-order chi connectivity index (χ1) is 13.3. The summed E-state index contributed by atoms with van der Waals surface area (Å²) in [5.74, 6) is 0.122. The normalized spacial score (nSPS) is 18.2. The summed E-state index contributed by atoms with van der Waals surface area (Å²) in [5, 5.41) is 0. The van der Waals surface area contributed by atoms with Gasteiger partial charge in [0.2, 0.25) is 15.9 Å². The first kappa shape index (κ1) is 20.1. The maximum atomic E-state index is 13.1. The summed E-state index contributed by atoms with van der Waals surface area (Å²) in [6.45, 7) is 1.83. The van der Waals surface area contributed by atoms with Gasteiger partial charge in [0.1, 0.15) is 11.9 Å². The number of sulfonamides is 1. The first-order valence-electron chi connectivity index (χ1n) is 8.60. The number of benzene rings is 2. The van der Waals surface area contributed by atoms with Gasteiger partial charge in [-0.15, -0.1) is 0 Å². The van der Waals surface area contributed by atoms with Crippen LogP contribution in [-0.4, -0.2) is 52.0 Å². The molecule has 1 saturated heterocycles. The lowest BCUT2D eigenvalue weighted by Gasteiger charge is -2.38. The maximum Gasteiger partial charge on any atom is 0.245 e. The van der Waals surface area contributed by atoms with Gasteiger partial charge in [0.15, 0.2) is 11.5 Å². The number of piperazine rings is 1. The summed E-state index contributed by atoms with van der Waals surface area (Å²) in [4.78, 5) is 14.4. The molecule has 0 N–H and O–H groups in total. The Morgan fingerprint density at radius 3 is 2.25 bits per heavy atom. The van der Waals surface area contributed by atoms with E-state index in [2.05, 4.69) is 0 Å².